The van der Waals surface area contributed by atoms with E-state index in [2.05, 4.69) is 25.9 Å². The Balaban J connectivity index is 1.71. The minimum atomic E-state index is -4.68. The number of carbonyl (C=O) groups is 1. The average molecular weight is 443 g/mol. The van der Waals surface area contributed by atoms with Crippen LogP contribution in [0.3, 0.4) is 0 Å². The van der Waals surface area contributed by atoms with Crippen LogP contribution in [0.15, 0.2) is 63.9 Å². The highest BCUT2D eigenvalue weighted by Gasteiger charge is 2.34. The third kappa shape index (κ3) is 4.26. The van der Waals surface area contributed by atoms with Gasteiger partial charge in [0.1, 0.15) is 5.82 Å². The number of hydrogen-bond acceptors (Lipinski definition) is 6. The number of nitrogens with one attached hydrogen (secondary N) is 4. The molecule has 4 rings (SSSR count). The summed E-state index contributed by atoms with van der Waals surface area (Å²) in [5.74, 6) is -0.961. The van der Waals surface area contributed by atoms with Crippen LogP contribution >= 0.6 is 0 Å². The first kappa shape index (κ1) is 21.0. The van der Waals surface area contributed by atoms with E-state index >= 15 is 0 Å². The molecule has 8 nitrogen and oxygen atoms in total. The van der Waals surface area contributed by atoms with Crippen molar-refractivity contribution in [3.63, 3.8) is 0 Å². The number of hydrogen-bond donors (Lipinski definition) is 4. The Morgan fingerprint density at radius 1 is 1.06 bits per heavy atom. The molecule has 2 heterocycles. The van der Waals surface area contributed by atoms with E-state index < -0.39 is 23.4 Å². The van der Waals surface area contributed by atoms with E-state index in [1.54, 1.807) is 24.3 Å². The van der Waals surface area contributed by atoms with Crippen molar-refractivity contribution < 1.29 is 22.4 Å². The van der Waals surface area contributed by atoms with Crippen LogP contribution in [-0.4, -0.2) is 22.9 Å². The predicted molar refractivity (Wildman–Crippen MR) is 112 cm³/mol. The predicted octanol–water partition coefficient (Wildman–Crippen LogP) is 4.38. The van der Waals surface area contributed by atoms with Crippen LogP contribution in [0.4, 0.5) is 36.1 Å². The third-order valence-corrected chi connectivity index (χ3v) is 4.57. The number of nitrogens with zero attached hydrogens (tertiary/aromatic N) is 1. The second-order valence-corrected chi connectivity index (χ2v) is 6.71. The molecule has 164 valence electrons. The number of rotatable bonds is 5. The van der Waals surface area contributed by atoms with E-state index in [4.69, 9.17) is 4.42 Å². The lowest BCUT2D eigenvalue weighted by Crippen LogP contribution is -2.19. The first-order valence-electron chi connectivity index (χ1n) is 9.30. The van der Waals surface area contributed by atoms with Crippen LogP contribution in [0.1, 0.15) is 15.9 Å². The van der Waals surface area contributed by atoms with Gasteiger partial charge in [-0.25, -0.2) is 9.78 Å². The van der Waals surface area contributed by atoms with Crippen molar-refractivity contribution in [2.24, 2.45) is 0 Å². The fraction of sp³-hybridized carbons (Fsp3) is 0.0952. The number of alkyl halides is 3. The number of para-hydroxylation sites is 1. The fourth-order valence-electron chi connectivity index (χ4n) is 3.09. The molecule has 32 heavy (non-hydrogen) atoms. The van der Waals surface area contributed by atoms with E-state index in [1.165, 1.54) is 31.3 Å². The standard InChI is InChI=1S/C21H16F3N5O3/c1-25-19(30)12-4-2-3-5-14(12)28-16-9-18(26-10-13(16)21(22,23)24)27-11-6-7-15-17(8-11)32-20(31)29-15/h2-10H,1H3,(H,25,30)(H,29,31)(H2,26,27,28). The largest absolute Gasteiger partial charge is 0.419 e. The van der Waals surface area contributed by atoms with Crippen molar-refractivity contribution in [1.29, 1.82) is 0 Å². The Labute approximate surface area is 178 Å². The molecule has 0 unspecified atom stereocenters. The molecule has 4 aromatic rings. The second-order valence-electron chi connectivity index (χ2n) is 6.71. The number of aromatic amines is 1. The molecule has 0 fully saturated rings. The van der Waals surface area contributed by atoms with Crippen molar-refractivity contribution in [3.05, 3.63) is 76.4 Å². The molecule has 0 spiro atoms. The van der Waals surface area contributed by atoms with Crippen LogP contribution < -0.4 is 21.7 Å². The number of anilines is 4. The zero-order valence-corrected chi connectivity index (χ0v) is 16.5. The van der Waals surface area contributed by atoms with Crippen LogP contribution in [-0.2, 0) is 6.18 Å². The van der Waals surface area contributed by atoms with Gasteiger partial charge in [0.15, 0.2) is 5.58 Å². The van der Waals surface area contributed by atoms with E-state index in [9.17, 15) is 22.8 Å². The highest BCUT2D eigenvalue weighted by atomic mass is 19.4. The summed E-state index contributed by atoms with van der Waals surface area (Å²) in [7, 11) is 1.43. The third-order valence-electron chi connectivity index (χ3n) is 4.57. The minimum absolute atomic E-state index is 0.107. The van der Waals surface area contributed by atoms with E-state index in [1.807, 2.05) is 0 Å². The van der Waals surface area contributed by atoms with Gasteiger partial charge in [0.25, 0.3) is 5.91 Å². The lowest BCUT2D eigenvalue weighted by molar-refractivity contribution is -0.137. The molecule has 0 saturated heterocycles. The lowest BCUT2D eigenvalue weighted by Gasteiger charge is -2.17. The molecule has 11 heteroatoms. The fourth-order valence-corrected chi connectivity index (χ4v) is 3.09. The molecule has 0 radical (unpaired) electrons. The molecule has 2 aromatic carbocycles. The number of oxazole rings is 1. The summed E-state index contributed by atoms with van der Waals surface area (Å²) in [5.41, 5.74) is 0.304. The molecule has 2 aromatic heterocycles. The van der Waals surface area contributed by atoms with Gasteiger partial charge in [-0.1, -0.05) is 12.1 Å². The monoisotopic (exact) mass is 443 g/mol. The van der Waals surface area contributed by atoms with Gasteiger partial charge in [-0.15, -0.1) is 0 Å². The van der Waals surface area contributed by atoms with Gasteiger partial charge in [-0.2, -0.15) is 13.2 Å². The average Bonchev–Trinajstić information content (AvgIpc) is 3.12. The van der Waals surface area contributed by atoms with Crippen molar-refractivity contribution in [1.82, 2.24) is 15.3 Å². The molecular weight excluding hydrogens is 427 g/mol. The maximum atomic E-state index is 13.6. The summed E-state index contributed by atoms with van der Waals surface area (Å²) in [4.78, 5) is 29.7. The molecule has 1 amide bonds. The number of carbonyl (C=O) groups excluding carboxylic acids is 1. The van der Waals surface area contributed by atoms with E-state index in [0.717, 1.165) is 0 Å². The van der Waals surface area contributed by atoms with Crippen LogP contribution in [0.5, 0.6) is 0 Å². The first-order valence-corrected chi connectivity index (χ1v) is 9.30. The maximum Gasteiger partial charge on any atom is 0.419 e. The summed E-state index contributed by atoms with van der Waals surface area (Å²) >= 11 is 0. The number of fused-ring (bicyclic) bond motifs is 1. The molecule has 0 aliphatic carbocycles. The number of halogens is 3. The molecule has 0 atom stereocenters. The molecular formula is C21H16F3N5O3. The number of aromatic nitrogens is 2. The highest BCUT2D eigenvalue weighted by molar-refractivity contribution is 6.00. The van der Waals surface area contributed by atoms with E-state index in [-0.39, 0.29) is 28.3 Å². The topological polar surface area (TPSA) is 112 Å². The quantitative estimate of drug-likeness (QED) is 0.364. The summed E-state index contributed by atoms with van der Waals surface area (Å²) in [6.45, 7) is 0. The second kappa shape index (κ2) is 8.10. The van der Waals surface area contributed by atoms with Crippen molar-refractivity contribution >= 4 is 39.9 Å². The SMILES string of the molecule is CNC(=O)c1ccccc1Nc1cc(Nc2ccc3[nH]c(=O)oc3c2)ncc1C(F)(F)F. The summed E-state index contributed by atoms with van der Waals surface area (Å²) in [5, 5.41) is 8.03. The first-order chi connectivity index (χ1) is 15.2. The number of H-pyrrole nitrogens is 1. The Hall–Kier alpha value is -4.28. The Morgan fingerprint density at radius 3 is 2.59 bits per heavy atom. The van der Waals surface area contributed by atoms with Crippen LogP contribution in [0, 0.1) is 0 Å². The summed E-state index contributed by atoms with van der Waals surface area (Å²) < 4.78 is 45.7. The normalized spacial score (nSPS) is 11.4. The molecule has 0 aliphatic rings. The van der Waals surface area contributed by atoms with Crippen molar-refractivity contribution in [2.75, 3.05) is 17.7 Å². The Morgan fingerprint density at radius 2 is 1.84 bits per heavy atom. The Kier molecular flexibility index (Phi) is 5.31. The zero-order valence-electron chi connectivity index (χ0n) is 16.5. The summed E-state index contributed by atoms with van der Waals surface area (Å²) in [6, 6.07) is 12.1. The van der Waals surface area contributed by atoms with Crippen molar-refractivity contribution in [3.8, 4) is 0 Å². The number of benzene rings is 2. The minimum Gasteiger partial charge on any atom is -0.408 e. The summed E-state index contributed by atoms with van der Waals surface area (Å²) in [6.07, 6.45) is -3.98. The van der Waals surface area contributed by atoms with Gasteiger partial charge >= 0.3 is 11.9 Å². The maximum absolute atomic E-state index is 13.6. The Bertz CT molecular complexity index is 1360. The smallest absolute Gasteiger partial charge is 0.408 e. The number of amides is 1. The molecule has 4 N–H and O–H groups in total. The van der Waals surface area contributed by atoms with Gasteiger partial charge in [-0.3, -0.25) is 9.78 Å². The highest BCUT2D eigenvalue weighted by Crippen LogP contribution is 2.37. The molecule has 0 aliphatic heterocycles. The van der Waals surface area contributed by atoms with Crippen molar-refractivity contribution in [2.45, 2.75) is 6.18 Å². The van der Waals surface area contributed by atoms with Gasteiger partial charge in [0.2, 0.25) is 0 Å². The lowest BCUT2D eigenvalue weighted by atomic mass is 10.1. The zero-order chi connectivity index (χ0) is 22.9. The molecule has 0 bridgehead atoms. The van der Waals surface area contributed by atoms with E-state index in [0.29, 0.717) is 17.4 Å². The van der Waals surface area contributed by atoms with Gasteiger partial charge in [0.05, 0.1) is 28.0 Å². The van der Waals surface area contributed by atoms with Crippen LogP contribution in [0.25, 0.3) is 11.1 Å². The molecule has 0 saturated carbocycles. The van der Waals surface area contributed by atoms with Gasteiger partial charge < -0.3 is 20.4 Å². The van der Waals surface area contributed by atoms with Crippen LogP contribution in [0.2, 0.25) is 0 Å². The van der Waals surface area contributed by atoms with Gasteiger partial charge in [-0.05, 0) is 24.3 Å². The van der Waals surface area contributed by atoms with Gasteiger partial charge in [0, 0.05) is 31.1 Å². The number of pyridine rings is 1.